The van der Waals surface area contributed by atoms with Crippen LogP contribution in [-0.2, 0) is 6.42 Å². The van der Waals surface area contributed by atoms with E-state index in [1.54, 1.807) is 11.3 Å². The van der Waals surface area contributed by atoms with Crippen molar-refractivity contribution in [3.63, 3.8) is 0 Å². The summed E-state index contributed by atoms with van der Waals surface area (Å²) in [7, 11) is 0. The highest BCUT2D eigenvalue weighted by molar-refractivity contribution is 7.15. The van der Waals surface area contributed by atoms with Crippen molar-refractivity contribution in [2.24, 2.45) is 0 Å². The predicted molar refractivity (Wildman–Crippen MR) is 80.2 cm³/mol. The van der Waals surface area contributed by atoms with Gasteiger partial charge in [-0.15, -0.1) is 11.3 Å². The zero-order chi connectivity index (χ0) is 12.8. The van der Waals surface area contributed by atoms with Crippen LogP contribution in [0.15, 0.2) is 0 Å². The first-order chi connectivity index (χ1) is 8.81. The van der Waals surface area contributed by atoms with Crippen LogP contribution in [0, 0.1) is 0 Å². The van der Waals surface area contributed by atoms with Crippen molar-refractivity contribution >= 4 is 16.3 Å². The summed E-state index contributed by atoms with van der Waals surface area (Å²) in [6.07, 6.45) is 13.2. The number of nitrogen functional groups attached to an aromatic ring is 1. The lowest BCUT2D eigenvalue weighted by molar-refractivity contribution is 0.587. The number of anilines is 1. The Morgan fingerprint density at radius 3 is 2.44 bits per heavy atom. The van der Waals surface area contributed by atoms with E-state index in [0.29, 0.717) is 0 Å². The Balaban J connectivity index is 1.61. The molecule has 0 spiro atoms. The average Bonchev–Trinajstić information content (AvgIpc) is 3.14. The third-order valence-corrected chi connectivity index (χ3v) is 4.78. The molecule has 3 heteroatoms. The summed E-state index contributed by atoms with van der Waals surface area (Å²) in [5.74, 6) is 0.750. The van der Waals surface area contributed by atoms with Gasteiger partial charge in [0.15, 0.2) is 0 Å². The highest BCUT2D eigenvalue weighted by atomic mass is 32.1. The number of rotatable bonds is 9. The van der Waals surface area contributed by atoms with Crippen LogP contribution in [0.2, 0.25) is 0 Å². The van der Waals surface area contributed by atoms with Crippen LogP contribution in [0.1, 0.15) is 81.3 Å². The van der Waals surface area contributed by atoms with Crippen LogP contribution >= 0.6 is 11.3 Å². The second kappa shape index (κ2) is 7.13. The Kier molecular flexibility index (Phi) is 5.48. The lowest BCUT2D eigenvalue weighted by atomic mass is 10.1. The van der Waals surface area contributed by atoms with Gasteiger partial charge in [0.1, 0.15) is 5.00 Å². The third-order valence-electron chi connectivity index (χ3n) is 3.69. The van der Waals surface area contributed by atoms with Crippen LogP contribution in [0.4, 0.5) is 5.00 Å². The van der Waals surface area contributed by atoms with Gasteiger partial charge in [0.25, 0.3) is 0 Å². The normalized spacial score (nSPS) is 15.2. The zero-order valence-corrected chi connectivity index (χ0v) is 12.4. The molecule has 1 aliphatic rings. The molecule has 1 aliphatic carbocycles. The molecule has 18 heavy (non-hydrogen) atoms. The topological polar surface area (TPSA) is 38.9 Å². The quantitative estimate of drug-likeness (QED) is 0.646. The van der Waals surface area contributed by atoms with E-state index in [0.717, 1.165) is 17.3 Å². The average molecular weight is 266 g/mol. The first-order valence-corrected chi connectivity index (χ1v) is 8.38. The molecule has 0 unspecified atom stereocenters. The smallest absolute Gasteiger partial charge is 0.109 e. The van der Waals surface area contributed by atoms with Gasteiger partial charge >= 0.3 is 0 Å². The maximum Gasteiger partial charge on any atom is 0.109 e. The van der Waals surface area contributed by atoms with Crippen molar-refractivity contribution in [3.8, 4) is 0 Å². The van der Waals surface area contributed by atoms with Crippen LogP contribution in [-0.4, -0.2) is 4.98 Å². The summed E-state index contributed by atoms with van der Waals surface area (Å²) in [5, 5.41) is 2.27. The molecule has 1 heterocycles. The molecule has 0 atom stereocenters. The molecule has 2 N–H and O–H groups in total. The molecule has 0 saturated heterocycles. The highest BCUT2D eigenvalue weighted by Crippen LogP contribution is 2.43. The van der Waals surface area contributed by atoms with E-state index < -0.39 is 0 Å². The van der Waals surface area contributed by atoms with Gasteiger partial charge < -0.3 is 5.73 Å². The molecule has 2 nitrogen and oxygen atoms in total. The van der Waals surface area contributed by atoms with Crippen molar-refractivity contribution in [1.82, 2.24) is 4.98 Å². The van der Waals surface area contributed by atoms with Gasteiger partial charge in [-0.05, 0) is 25.7 Å². The minimum atomic E-state index is 0.750. The second-order valence-electron chi connectivity index (χ2n) is 5.51. The summed E-state index contributed by atoms with van der Waals surface area (Å²) in [6, 6.07) is 0. The van der Waals surface area contributed by atoms with Crippen LogP contribution < -0.4 is 5.73 Å². The monoisotopic (exact) mass is 266 g/mol. The van der Waals surface area contributed by atoms with Gasteiger partial charge in [0, 0.05) is 5.92 Å². The summed E-state index contributed by atoms with van der Waals surface area (Å²) in [6.45, 7) is 2.27. The molecule has 102 valence electrons. The number of aryl methyl sites for hydroxylation is 1. The minimum Gasteiger partial charge on any atom is -0.389 e. The fourth-order valence-corrected chi connectivity index (χ4v) is 3.37. The van der Waals surface area contributed by atoms with Crippen molar-refractivity contribution in [2.75, 3.05) is 5.73 Å². The first kappa shape index (κ1) is 13.9. The Hall–Kier alpha value is -0.570. The fourth-order valence-electron chi connectivity index (χ4n) is 2.32. The van der Waals surface area contributed by atoms with E-state index in [1.165, 1.54) is 68.5 Å². The van der Waals surface area contributed by atoms with Gasteiger partial charge in [-0.25, -0.2) is 4.98 Å². The van der Waals surface area contributed by atoms with Crippen LogP contribution in [0.25, 0.3) is 0 Å². The largest absolute Gasteiger partial charge is 0.389 e. The molecule has 1 aromatic heterocycles. The summed E-state index contributed by atoms with van der Waals surface area (Å²) in [5.41, 5.74) is 7.22. The number of hydrogen-bond acceptors (Lipinski definition) is 3. The lowest BCUT2D eigenvalue weighted by Crippen LogP contribution is -1.92. The Morgan fingerprint density at radius 2 is 1.78 bits per heavy atom. The molecule has 0 aromatic carbocycles. The summed E-state index contributed by atoms with van der Waals surface area (Å²) in [4.78, 5) is 4.71. The van der Waals surface area contributed by atoms with Gasteiger partial charge in [-0.1, -0.05) is 45.4 Å². The van der Waals surface area contributed by atoms with E-state index in [4.69, 9.17) is 10.7 Å². The van der Waals surface area contributed by atoms with E-state index in [1.807, 2.05) is 0 Å². The number of thiazole rings is 1. The Bertz CT molecular complexity index is 355. The number of nitrogens with zero attached hydrogens (tertiary/aromatic N) is 1. The molecule has 1 fully saturated rings. The summed E-state index contributed by atoms with van der Waals surface area (Å²) >= 11 is 1.73. The van der Waals surface area contributed by atoms with Gasteiger partial charge in [0.05, 0.1) is 10.7 Å². The van der Waals surface area contributed by atoms with Gasteiger partial charge in [-0.2, -0.15) is 0 Å². The highest BCUT2D eigenvalue weighted by Gasteiger charge is 2.27. The standard InChI is InChI=1S/C15H26N2S/c1-2-3-4-5-6-7-8-9-13-14(16)18-15(17-13)12-10-11-12/h12H,2-11,16H2,1H3. The molecule has 1 aromatic rings. The second-order valence-corrected chi connectivity index (χ2v) is 6.57. The molecule has 2 rings (SSSR count). The number of unbranched alkanes of at least 4 members (excludes halogenated alkanes) is 6. The predicted octanol–water partition coefficient (Wildman–Crippen LogP) is 4.90. The van der Waals surface area contributed by atoms with Crippen molar-refractivity contribution in [2.45, 2.75) is 77.0 Å². The van der Waals surface area contributed by atoms with Crippen molar-refractivity contribution in [1.29, 1.82) is 0 Å². The first-order valence-electron chi connectivity index (χ1n) is 7.56. The Morgan fingerprint density at radius 1 is 1.11 bits per heavy atom. The number of hydrogen-bond donors (Lipinski definition) is 1. The third kappa shape index (κ3) is 4.27. The van der Waals surface area contributed by atoms with E-state index >= 15 is 0 Å². The van der Waals surface area contributed by atoms with Crippen LogP contribution in [0.3, 0.4) is 0 Å². The molecular weight excluding hydrogens is 240 g/mol. The molecule has 0 aliphatic heterocycles. The maximum absolute atomic E-state index is 6.04. The van der Waals surface area contributed by atoms with E-state index in [-0.39, 0.29) is 0 Å². The van der Waals surface area contributed by atoms with Crippen molar-refractivity contribution < 1.29 is 0 Å². The minimum absolute atomic E-state index is 0.750. The molecule has 0 amide bonds. The Labute approximate surface area is 115 Å². The fraction of sp³-hybridized carbons (Fsp3) is 0.800. The van der Waals surface area contributed by atoms with Gasteiger partial charge in [-0.3, -0.25) is 0 Å². The van der Waals surface area contributed by atoms with E-state index in [2.05, 4.69) is 6.92 Å². The molecule has 0 bridgehead atoms. The number of aromatic nitrogens is 1. The maximum atomic E-state index is 6.04. The summed E-state index contributed by atoms with van der Waals surface area (Å²) < 4.78 is 0. The number of nitrogens with two attached hydrogens (primary N) is 1. The zero-order valence-electron chi connectivity index (χ0n) is 11.6. The van der Waals surface area contributed by atoms with E-state index in [9.17, 15) is 0 Å². The van der Waals surface area contributed by atoms with Crippen LogP contribution in [0.5, 0.6) is 0 Å². The molecular formula is C15H26N2S. The molecule has 0 radical (unpaired) electrons. The van der Waals surface area contributed by atoms with Crippen molar-refractivity contribution in [3.05, 3.63) is 10.7 Å². The SMILES string of the molecule is CCCCCCCCCc1nc(C2CC2)sc1N. The van der Waals surface area contributed by atoms with Gasteiger partial charge in [0.2, 0.25) is 0 Å². The lowest BCUT2D eigenvalue weighted by Gasteiger charge is -2.00. The molecule has 1 saturated carbocycles.